The number of rotatable bonds is 6. The average molecular weight is 222 g/mol. The van der Waals surface area contributed by atoms with Gasteiger partial charge in [-0.3, -0.25) is 0 Å². The van der Waals surface area contributed by atoms with Gasteiger partial charge >= 0.3 is 0 Å². The Bertz CT molecular complexity index is 334. The summed E-state index contributed by atoms with van der Waals surface area (Å²) in [6.45, 7) is 0.809. The van der Waals surface area contributed by atoms with E-state index in [0.29, 0.717) is 12.5 Å². The molecule has 1 unspecified atom stereocenters. The van der Waals surface area contributed by atoms with Gasteiger partial charge in [0.25, 0.3) is 0 Å². The van der Waals surface area contributed by atoms with E-state index in [2.05, 4.69) is 0 Å². The SMILES string of the molecule is COc1cccc(OCC(CO)C2CC2)c1. The van der Waals surface area contributed by atoms with Crippen LogP contribution >= 0.6 is 0 Å². The molecular formula is C13H18O3. The third kappa shape index (κ3) is 2.89. The zero-order chi connectivity index (χ0) is 11.4. The Balaban J connectivity index is 1.87. The van der Waals surface area contributed by atoms with Crippen LogP contribution in [0.2, 0.25) is 0 Å². The first-order chi connectivity index (χ1) is 7.83. The molecular weight excluding hydrogens is 204 g/mol. The lowest BCUT2D eigenvalue weighted by Crippen LogP contribution is -2.18. The van der Waals surface area contributed by atoms with Gasteiger partial charge in [0.05, 0.1) is 13.7 Å². The fraction of sp³-hybridized carbons (Fsp3) is 0.538. The van der Waals surface area contributed by atoms with Crippen molar-refractivity contribution < 1.29 is 14.6 Å². The van der Waals surface area contributed by atoms with Crippen LogP contribution in [0.5, 0.6) is 11.5 Å². The summed E-state index contributed by atoms with van der Waals surface area (Å²) in [7, 11) is 1.64. The highest BCUT2D eigenvalue weighted by Crippen LogP contribution is 2.36. The molecule has 1 atom stereocenters. The maximum absolute atomic E-state index is 9.21. The van der Waals surface area contributed by atoms with Crippen LogP contribution in [0.1, 0.15) is 12.8 Å². The molecule has 2 rings (SSSR count). The summed E-state index contributed by atoms with van der Waals surface area (Å²) in [5.74, 6) is 2.55. The van der Waals surface area contributed by atoms with E-state index in [1.807, 2.05) is 24.3 Å². The van der Waals surface area contributed by atoms with Gasteiger partial charge in [-0.2, -0.15) is 0 Å². The number of hydrogen-bond acceptors (Lipinski definition) is 3. The van der Waals surface area contributed by atoms with Crippen LogP contribution in [0.4, 0.5) is 0 Å². The van der Waals surface area contributed by atoms with Gasteiger partial charge in [-0.25, -0.2) is 0 Å². The zero-order valence-corrected chi connectivity index (χ0v) is 9.56. The first-order valence-corrected chi connectivity index (χ1v) is 5.71. The van der Waals surface area contributed by atoms with Crippen LogP contribution < -0.4 is 9.47 Å². The van der Waals surface area contributed by atoms with Crippen molar-refractivity contribution in [3.05, 3.63) is 24.3 Å². The molecule has 1 saturated carbocycles. The van der Waals surface area contributed by atoms with Gasteiger partial charge in [0.15, 0.2) is 0 Å². The lowest BCUT2D eigenvalue weighted by molar-refractivity contribution is 0.147. The molecule has 0 saturated heterocycles. The molecule has 1 aromatic carbocycles. The van der Waals surface area contributed by atoms with E-state index in [-0.39, 0.29) is 12.5 Å². The van der Waals surface area contributed by atoms with Gasteiger partial charge in [-0.1, -0.05) is 6.07 Å². The van der Waals surface area contributed by atoms with Crippen LogP contribution in [0.3, 0.4) is 0 Å². The highest BCUT2D eigenvalue weighted by Gasteiger charge is 2.31. The Hall–Kier alpha value is -1.22. The van der Waals surface area contributed by atoms with Gasteiger partial charge in [-0.05, 0) is 30.9 Å². The number of aliphatic hydroxyl groups excluding tert-OH is 1. The third-order valence-corrected chi connectivity index (χ3v) is 3.03. The van der Waals surface area contributed by atoms with Gasteiger partial charge < -0.3 is 14.6 Å². The summed E-state index contributed by atoms with van der Waals surface area (Å²) < 4.78 is 10.8. The molecule has 0 aromatic heterocycles. The minimum absolute atomic E-state index is 0.217. The standard InChI is InChI=1S/C13H18O3/c1-15-12-3-2-4-13(7-12)16-9-11(8-14)10-5-6-10/h2-4,7,10-11,14H,5-6,8-9H2,1H3. The molecule has 0 amide bonds. The van der Waals surface area contributed by atoms with Crippen molar-refractivity contribution in [3.63, 3.8) is 0 Å². The van der Waals surface area contributed by atoms with Gasteiger partial charge in [0, 0.05) is 18.6 Å². The first kappa shape index (κ1) is 11.3. The van der Waals surface area contributed by atoms with E-state index in [0.717, 1.165) is 11.5 Å². The van der Waals surface area contributed by atoms with Crippen molar-refractivity contribution in [2.45, 2.75) is 12.8 Å². The molecule has 3 heteroatoms. The van der Waals surface area contributed by atoms with E-state index < -0.39 is 0 Å². The molecule has 88 valence electrons. The lowest BCUT2D eigenvalue weighted by atomic mass is 10.1. The second-order valence-electron chi connectivity index (χ2n) is 4.27. The molecule has 0 heterocycles. The molecule has 1 fully saturated rings. The Morgan fingerprint density at radius 3 is 2.75 bits per heavy atom. The Morgan fingerprint density at radius 2 is 2.12 bits per heavy atom. The molecule has 16 heavy (non-hydrogen) atoms. The lowest BCUT2D eigenvalue weighted by Gasteiger charge is -2.14. The summed E-state index contributed by atoms with van der Waals surface area (Å²) in [4.78, 5) is 0. The van der Waals surface area contributed by atoms with Crippen molar-refractivity contribution in [2.75, 3.05) is 20.3 Å². The second-order valence-corrected chi connectivity index (χ2v) is 4.27. The predicted molar refractivity (Wildman–Crippen MR) is 61.8 cm³/mol. The molecule has 1 aliphatic carbocycles. The Labute approximate surface area is 96.0 Å². The van der Waals surface area contributed by atoms with Crippen LogP contribution in [-0.4, -0.2) is 25.4 Å². The summed E-state index contributed by atoms with van der Waals surface area (Å²) in [6.07, 6.45) is 2.46. The molecule has 0 bridgehead atoms. The van der Waals surface area contributed by atoms with Crippen LogP contribution in [0, 0.1) is 11.8 Å². The minimum atomic E-state index is 0.217. The predicted octanol–water partition coefficient (Wildman–Crippen LogP) is 2.09. The van der Waals surface area contributed by atoms with E-state index >= 15 is 0 Å². The van der Waals surface area contributed by atoms with Crippen molar-refractivity contribution in [1.29, 1.82) is 0 Å². The fourth-order valence-corrected chi connectivity index (χ4v) is 1.80. The molecule has 0 radical (unpaired) electrons. The van der Waals surface area contributed by atoms with Gasteiger partial charge in [0.1, 0.15) is 11.5 Å². The molecule has 1 aliphatic rings. The van der Waals surface area contributed by atoms with Crippen molar-refractivity contribution in [2.24, 2.45) is 11.8 Å². The number of hydrogen-bond donors (Lipinski definition) is 1. The average Bonchev–Trinajstić information content (AvgIpc) is 3.15. The monoisotopic (exact) mass is 222 g/mol. The molecule has 1 aromatic rings. The van der Waals surface area contributed by atoms with E-state index in [4.69, 9.17) is 9.47 Å². The fourth-order valence-electron chi connectivity index (χ4n) is 1.80. The number of ether oxygens (including phenoxy) is 2. The zero-order valence-electron chi connectivity index (χ0n) is 9.56. The topological polar surface area (TPSA) is 38.7 Å². The van der Waals surface area contributed by atoms with Crippen molar-refractivity contribution in [1.82, 2.24) is 0 Å². The van der Waals surface area contributed by atoms with E-state index in [9.17, 15) is 5.11 Å². The molecule has 3 nitrogen and oxygen atoms in total. The number of benzene rings is 1. The van der Waals surface area contributed by atoms with Gasteiger partial charge in [0.2, 0.25) is 0 Å². The summed E-state index contributed by atoms with van der Waals surface area (Å²) >= 11 is 0. The van der Waals surface area contributed by atoms with Crippen LogP contribution in [-0.2, 0) is 0 Å². The molecule has 1 N–H and O–H groups in total. The van der Waals surface area contributed by atoms with Crippen LogP contribution in [0.15, 0.2) is 24.3 Å². The third-order valence-electron chi connectivity index (χ3n) is 3.03. The quantitative estimate of drug-likeness (QED) is 0.801. The maximum atomic E-state index is 9.21. The van der Waals surface area contributed by atoms with Crippen LogP contribution in [0.25, 0.3) is 0 Å². The van der Waals surface area contributed by atoms with E-state index in [1.54, 1.807) is 7.11 Å². The van der Waals surface area contributed by atoms with Crippen molar-refractivity contribution in [3.8, 4) is 11.5 Å². The Morgan fingerprint density at radius 1 is 1.38 bits per heavy atom. The highest BCUT2D eigenvalue weighted by molar-refractivity contribution is 5.32. The maximum Gasteiger partial charge on any atom is 0.123 e. The minimum Gasteiger partial charge on any atom is -0.497 e. The summed E-state index contributed by atoms with van der Waals surface area (Å²) in [5, 5.41) is 9.21. The highest BCUT2D eigenvalue weighted by atomic mass is 16.5. The van der Waals surface area contributed by atoms with E-state index in [1.165, 1.54) is 12.8 Å². The van der Waals surface area contributed by atoms with Crippen molar-refractivity contribution >= 4 is 0 Å². The Kier molecular flexibility index (Phi) is 3.67. The second kappa shape index (κ2) is 5.21. The number of aliphatic hydroxyl groups is 1. The smallest absolute Gasteiger partial charge is 0.123 e. The largest absolute Gasteiger partial charge is 0.497 e. The molecule has 0 aliphatic heterocycles. The summed E-state index contributed by atoms with van der Waals surface area (Å²) in [6, 6.07) is 7.56. The summed E-state index contributed by atoms with van der Waals surface area (Å²) in [5.41, 5.74) is 0. The first-order valence-electron chi connectivity index (χ1n) is 5.71. The van der Waals surface area contributed by atoms with Gasteiger partial charge in [-0.15, -0.1) is 0 Å². The molecule has 0 spiro atoms. The normalized spacial score (nSPS) is 16.9. The number of methoxy groups -OCH3 is 1.